The molecule has 1 aromatic carbocycles. The Morgan fingerprint density at radius 3 is 2.23 bits per heavy atom. The Labute approximate surface area is 83.9 Å². The molecular formula is C10H15ClN2. The predicted molar refractivity (Wildman–Crippen MR) is 56.6 cm³/mol. The van der Waals surface area contributed by atoms with Gasteiger partial charge in [0.25, 0.3) is 0 Å². The molecule has 2 nitrogen and oxygen atoms in total. The summed E-state index contributed by atoms with van der Waals surface area (Å²) in [6.45, 7) is 2.03. The molecule has 1 aromatic rings. The summed E-state index contributed by atoms with van der Waals surface area (Å²) in [5.74, 6) is 0. The van der Waals surface area contributed by atoms with Gasteiger partial charge in [-0.1, -0.05) is 30.7 Å². The standard InChI is InChI=1S/C10H15ClN2/c1-2-9(12)10(13)7-3-5-8(11)6-4-7/h3-6,9-10H,2,12-13H2,1H3/t9-,10+/m1/s1. The first-order valence-corrected chi connectivity index (χ1v) is 4.79. The molecule has 0 aliphatic carbocycles. The fourth-order valence-corrected chi connectivity index (χ4v) is 1.31. The molecule has 0 bridgehead atoms. The van der Waals surface area contributed by atoms with Crippen LogP contribution in [-0.2, 0) is 0 Å². The van der Waals surface area contributed by atoms with Crippen molar-refractivity contribution >= 4 is 11.6 Å². The van der Waals surface area contributed by atoms with E-state index in [2.05, 4.69) is 0 Å². The van der Waals surface area contributed by atoms with Crippen molar-refractivity contribution < 1.29 is 0 Å². The molecule has 0 saturated heterocycles. The molecule has 0 aliphatic rings. The maximum atomic E-state index is 5.93. The van der Waals surface area contributed by atoms with E-state index >= 15 is 0 Å². The van der Waals surface area contributed by atoms with Gasteiger partial charge in [-0.2, -0.15) is 0 Å². The monoisotopic (exact) mass is 198 g/mol. The minimum absolute atomic E-state index is 0.0150. The van der Waals surface area contributed by atoms with Gasteiger partial charge in [0.05, 0.1) is 0 Å². The third-order valence-electron chi connectivity index (χ3n) is 2.19. The van der Waals surface area contributed by atoms with E-state index in [9.17, 15) is 0 Å². The number of hydrogen-bond donors (Lipinski definition) is 2. The summed E-state index contributed by atoms with van der Waals surface area (Å²) in [7, 11) is 0. The summed E-state index contributed by atoms with van der Waals surface area (Å²) in [5, 5.41) is 0.723. The lowest BCUT2D eigenvalue weighted by molar-refractivity contribution is 0.532. The van der Waals surface area contributed by atoms with Gasteiger partial charge in [-0.25, -0.2) is 0 Å². The zero-order valence-electron chi connectivity index (χ0n) is 7.70. The normalized spacial score (nSPS) is 15.4. The Morgan fingerprint density at radius 1 is 1.23 bits per heavy atom. The quantitative estimate of drug-likeness (QED) is 0.782. The molecular weight excluding hydrogens is 184 g/mol. The van der Waals surface area contributed by atoms with Gasteiger partial charge in [0.15, 0.2) is 0 Å². The molecule has 3 heteroatoms. The minimum Gasteiger partial charge on any atom is -0.326 e. The summed E-state index contributed by atoms with van der Waals surface area (Å²) in [5.41, 5.74) is 12.8. The first-order chi connectivity index (χ1) is 6.15. The number of halogens is 1. The average Bonchev–Trinajstić information content (AvgIpc) is 2.17. The smallest absolute Gasteiger partial charge is 0.0448 e. The second-order valence-corrected chi connectivity index (χ2v) is 3.59. The van der Waals surface area contributed by atoms with Gasteiger partial charge in [-0.05, 0) is 24.1 Å². The Bertz CT molecular complexity index is 258. The van der Waals surface area contributed by atoms with Gasteiger partial charge < -0.3 is 11.5 Å². The molecule has 0 spiro atoms. The lowest BCUT2D eigenvalue weighted by Gasteiger charge is -2.18. The van der Waals surface area contributed by atoms with E-state index in [1.54, 1.807) is 0 Å². The maximum absolute atomic E-state index is 5.93. The average molecular weight is 199 g/mol. The summed E-state index contributed by atoms with van der Waals surface area (Å²) in [6.07, 6.45) is 0.879. The third kappa shape index (κ3) is 2.69. The summed E-state index contributed by atoms with van der Waals surface area (Å²) < 4.78 is 0. The van der Waals surface area contributed by atoms with Crippen LogP contribution in [-0.4, -0.2) is 6.04 Å². The Hall–Kier alpha value is -0.570. The van der Waals surface area contributed by atoms with Crippen molar-refractivity contribution in [2.24, 2.45) is 11.5 Å². The van der Waals surface area contributed by atoms with Crippen molar-refractivity contribution in [2.45, 2.75) is 25.4 Å². The van der Waals surface area contributed by atoms with Gasteiger partial charge in [0.1, 0.15) is 0 Å². The van der Waals surface area contributed by atoms with Gasteiger partial charge in [0, 0.05) is 17.1 Å². The molecule has 0 fully saturated rings. The lowest BCUT2D eigenvalue weighted by atomic mass is 9.99. The van der Waals surface area contributed by atoms with E-state index in [0.717, 1.165) is 17.0 Å². The van der Waals surface area contributed by atoms with E-state index in [-0.39, 0.29) is 12.1 Å². The van der Waals surface area contributed by atoms with Crippen LogP contribution in [0.25, 0.3) is 0 Å². The first-order valence-electron chi connectivity index (χ1n) is 4.41. The van der Waals surface area contributed by atoms with Crippen LogP contribution in [0.3, 0.4) is 0 Å². The van der Waals surface area contributed by atoms with Crippen LogP contribution in [0.4, 0.5) is 0 Å². The number of benzene rings is 1. The zero-order valence-corrected chi connectivity index (χ0v) is 8.46. The minimum atomic E-state index is -0.0951. The van der Waals surface area contributed by atoms with Gasteiger partial charge in [-0.15, -0.1) is 0 Å². The Balaban J connectivity index is 2.77. The molecule has 72 valence electrons. The molecule has 1 rings (SSSR count). The van der Waals surface area contributed by atoms with Gasteiger partial charge in [0.2, 0.25) is 0 Å². The second kappa shape index (κ2) is 4.61. The molecule has 0 aromatic heterocycles. The van der Waals surface area contributed by atoms with E-state index in [0.29, 0.717) is 0 Å². The highest BCUT2D eigenvalue weighted by atomic mass is 35.5. The lowest BCUT2D eigenvalue weighted by Crippen LogP contribution is -2.33. The van der Waals surface area contributed by atoms with Crippen molar-refractivity contribution in [3.63, 3.8) is 0 Å². The van der Waals surface area contributed by atoms with Crippen molar-refractivity contribution in [1.29, 1.82) is 0 Å². The molecule has 0 saturated carbocycles. The molecule has 0 heterocycles. The second-order valence-electron chi connectivity index (χ2n) is 3.15. The number of rotatable bonds is 3. The number of hydrogen-bond acceptors (Lipinski definition) is 2. The molecule has 0 aliphatic heterocycles. The maximum Gasteiger partial charge on any atom is 0.0448 e. The van der Waals surface area contributed by atoms with Crippen LogP contribution >= 0.6 is 11.6 Å². The van der Waals surface area contributed by atoms with Crippen LogP contribution in [0.15, 0.2) is 24.3 Å². The highest BCUT2D eigenvalue weighted by Crippen LogP contribution is 2.17. The first kappa shape index (κ1) is 10.5. The van der Waals surface area contributed by atoms with Crippen LogP contribution < -0.4 is 11.5 Å². The van der Waals surface area contributed by atoms with Crippen molar-refractivity contribution in [3.8, 4) is 0 Å². The fourth-order valence-electron chi connectivity index (χ4n) is 1.19. The van der Waals surface area contributed by atoms with Gasteiger partial charge in [-0.3, -0.25) is 0 Å². The van der Waals surface area contributed by atoms with Crippen molar-refractivity contribution in [3.05, 3.63) is 34.9 Å². The van der Waals surface area contributed by atoms with Crippen LogP contribution in [0.1, 0.15) is 24.9 Å². The molecule has 4 N–H and O–H groups in total. The molecule has 0 amide bonds. The van der Waals surface area contributed by atoms with E-state index in [4.69, 9.17) is 23.1 Å². The molecule has 13 heavy (non-hydrogen) atoms. The highest BCUT2D eigenvalue weighted by molar-refractivity contribution is 6.30. The topological polar surface area (TPSA) is 52.0 Å². The van der Waals surface area contributed by atoms with E-state index in [1.807, 2.05) is 31.2 Å². The Morgan fingerprint density at radius 2 is 1.77 bits per heavy atom. The largest absolute Gasteiger partial charge is 0.326 e. The van der Waals surface area contributed by atoms with E-state index in [1.165, 1.54) is 0 Å². The predicted octanol–water partition coefficient (Wildman–Crippen LogP) is 2.08. The highest BCUT2D eigenvalue weighted by Gasteiger charge is 2.12. The molecule has 2 atom stereocenters. The fraction of sp³-hybridized carbons (Fsp3) is 0.400. The van der Waals surface area contributed by atoms with Crippen LogP contribution in [0, 0.1) is 0 Å². The summed E-state index contributed by atoms with van der Waals surface area (Å²) in [4.78, 5) is 0. The molecule has 0 unspecified atom stereocenters. The van der Waals surface area contributed by atoms with Crippen LogP contribution in [0.5, 0.6) is 0 Å². The molecule has 0 radical (unpaired) electrons. The van der Waals surface area contributed by atoms with Crippen molar-refractivity contribution in [1.82, 2.24) is 0 Å². The van der Waals surface area contributed by atoms with Gasteiger partial charge >= 0.3 is 0 Å². The number of nitrogens with two attached hydrogens (primary N) is 2. The summed E-state index contributed by atoms with van der Waals surface area (Å²) >= 11 is 5.76. The zero-order chi connectivity index (χ0) is 9.84. The van der Waals surface area contributed by atoms with Crippen LogP contribution in [0.2, 0.25) is 5.02 Å². The summed E-state index contributed by atoms with van der Waals surface area (Å²) in [6, 6.07) is 7.42. The van der Waals surface area contributed by atoms with Crippen molar-refractivity contribution in [2.75, 3.05) is 0 Å². The SMILES string of the molecule is CC[C@@H](N)[C@@H](N)c1ccc(Cl)cc1. The Kier molecular flexibility index (Phi) is 3.72. The third-order valence-corrected chi connectivity index (χ3v) is 2.44. The van der Waals surface area contributed by atoms with E-state index < -0.39 is 0 Å².